The minimum atomic E-state index is -0.255. The lowest BCUT2D eigenvalue weighted by atomic mass is 10.2. The highest BCUT2D eigenvalue weighted by Gasteiger charge is 2.38. The summed E-state index contributed by atoms with van der Waals surface area (Å²) in [5, 5.41) is 1.98. The van der Waals surface area contributed by atoms with Gasteiger partial charge >= 0.3 is 6.09 Å². The molecule has 0 radical (unpaired) electrons. The Morgan fingerprint density at radius 2 is 2.45 bits per heavy atom. The molecule has 0 aliphatic carbocycles. The average molecular weight is 313 g/mol. The van der Waals surface area contributed by atoms with E-state index < -0.39 is 0 Å². The summed E-state index contributed by atoms with van der Waals surface area (Å²) >= 11 is 3.04. The second-order valence-corrected chi connectivity index (χ2v) is 6.89. The van der Waals surface area contributed by atoms with Crippen molar-refractivity contribution in [2.75, 3.05) is 32.0 Å². The summed E-state index contributed by atoms with van der Waals surface area (Å²) < 4.78 is 5.92. The minimum Gasteiger partial charge on any atom is -0.447 e. The van der Waals surface area contributed by atoms with Crippen LogP contribution in [0.15, 0.2) is 9.72 Å². The molecule has 2 aliphatic heterocycles. The Labute approximate surface area is 125 Å². The van der Waals surface area contributed by atoms with Gasteiger partial charge in [-0.3, -0.25) is 9.69 Å². The summed E-state index contributed by atoms with van der Waals surface area (Å²) in [5.74, 6) is 0.496. The minimum absolute atomic E-state index is 0.0207. The summed E-state index contributed by atoms with van der Waals surface area (Å²) in [7, 11) is 0. The van der Waals surface area contributed by atoms with Crippen LogP contribution in [0, 0.1) is 6.92 Å². The van der Waals surface area contributed by atoms with Crippen molar-refractivity contribution in [3.8, 4) is 0 Å². The quantitative estimate of drug-likeness (QED) is 0.785. The fraction of sp³-hybridized carbons (Fsp3) is 0.583. The number of nitrogens with zero attached hydrogens (tertiary/aromatic N) is 3. The van der Waals surface area contributed by atoms with Crippen molar-refractivity contribution in [3.05, 3.63) is 11.1 Å². The second-order valence-electron chi connectivity index (χ2n) is 4.81. The van der Waals surface area contributed by atoms with Gasteiger partial charge in [0.15, 0.2) is 4.34 Å². The number of rotatable bonds is 3. The zero-order valence-corrected chi connectivity index (χ0v) is 12.7. The first-order valence-corrected chi connectivity index (χ1v) is 8.26. The smallest absolute Gasteiger partial charge is 0.410 e. The number of aromatic nitrogens is 1. The molecule has 108 valence electrons. The number of hydrogen-bond acceptors (Lipinski definition) is 6. The van der Waals surface area contributed by atoms with Crippen LogP contribution in [0.4, 0.5) is 4.79 Å². The Morgan fingerprint density at radius 3 is 3.20 bits per heavy atom. The van der Waals surface area contributed by atoms with E-state index in [1.807, 2.05) is 17.2 Å². The highest BCUT2D eigenvalue weighted by atomic mass is 32.2. The number of carbonyl (C=O) groups excluding carboxylic acids is 2. The van der Waals surface area contributed by atoms with Gasteiger partial charge < -0.3 is 9.64 Å². The van der Waals surface area contributed by atoms with Gasteiger partial charge in [0.2, 0.25) is 5.91 Å². The van der Waals surface area contributed by atoms with E-state index in [1.165, 1.54) is 11.8 Å². The molecule has 2 saturated heterocycles. The molecule has 0 N–H and O–H groups in total. The van der Waals surface area contributed by atoms with Crippen molar-refractivity contribution in [1.82, 2.24) is 14.8 Å². The molecule has 0 aromatic carbocycles. The molecule has 1 aromatic heterocycles. The number of cyclic esters (lactones) is 1. The van der Waals surface area contributed by atoms with Crippen molar-refractivity contribution in [2.24, 2.45) is 0 Å². The van der Waals surface area contributed by atoms with Gasteiger partial charge in [0.1, 0.15) is 6.61 Å². The second kappa shape index (κ2) is 5.61. The summed E-state index contributed by atoms with van der Waals surface area (Å²) in [5.41, 5.74) is 0.986. The third kappa shape index (κ3) is 2.76. The molecule has 3 heterocycles. The van der Waals surface area contributed by atoms with E-state index in [1.54, 1.807) is 16.2 Å². The zero-order chi connectivity index (χ0) is 14.1. The largest absolute Gasteiger partial charge is 0.447 e. The van der Waals surface area contributed by atoms with Crippen LogP contribution >= 0.6 is 23.1 Å². The molecule has 2 fully saturated rings. The van der Waals surface area contributed by atoms with Crippen LogP contribution in [0.5, 0.6) is 0 Å². The lowest BCUT2D eigenvalue weighted by molar-refractivity contribution is -0.130. The van der Waals surface area contributed by atoms with E-state index in [4.69, 9.17) is 4.74 Å². The lowest BCUT2D eigenvalue weighted by Crippen LogP contribution is -2.54. The number of thiazole rings is 1. The SMILES string of the molecule is Cc1csc(SCC(=O)N2CCN3C(=O)OC[C@@H]3C2)n1. The lowest BCUT2D eigenvalue weighted by Gasteiger charge is -2.35. The topological polar surface area (TPSA) is 62.7 Å². The molecule has 6 nitrogen and oxygen atoms in total. The molecule has 1 atom stereocenters. The zero-order valence-electron chi connectivity index (χ0n) is 11.1. The van der Waals surface area contributed by atoms with E-state index in [-0.39, 0.29) is 18.0 Å². The van der Waals surface area contributed by atoms with Crippen LogP contribution < -0.4 is 0 Å². The van der Waals surface area contributed by atoms with Gasteiger partial charge in [-0.05, 0) is 6.92 Å². The molecule has 3 rings (SSSR count). The van der Waals surface area contributed by atoms with Gasteiger partial charge in [0.05, 0.1) is 11.8 Å². The molecule has 20 heavy (non-hydrogen) atoms. The molecule has 8 heteroatoms. The van der Waals surface area contributed by atoms with E-state index in [2.05, 4.69) is 4.98 Å². The molecular formula is C12H15N3O3S2. The maximum atomic E-state index is 12.2. The van der Waals surface area contributed by atoms with Crippen molar-refractivity contribution in [3.63, 3.8) is 0 Å². The summed E-state index contributed by atoms with van der Waals surface area (Å²) in [6.07, 6.45) is -0.255. The van der Waals surface area contributed by atoms with Crippen LogP contribution in [-0.2, 0) is 9.53 Å². The van der Waals surface area contributed by atoms with Gasteiger partial charge in [-0.25, -0.2) is 9.78 Å². The van der Waals surface area contributed by atoms with Crippen molar-refractivity contribution < 1.29 is 14.3 Å². The number of thioether (sulfide) groups is 1. The Hall–Kier alpha value is -1.28. The predicted molar refractivity (Wildman–Crippen MR) is 76.0 cm³/mol. The third-order valence-corrected chi connectivity index (χ3v) is 5.51. The maximum Gasteiger partial charge on any atom is 0.410 e. The van der Waals surface area contributed by atoms with Gasteiger partial charge in [0.25, 0.3) is 0 Å². The normalized spacial score (nSPS) is 21.9. The molecule has 0 saturated carbocycles. The Balaban J connectivity index is 1.52. The summed E-state index contributed by atoms with van der Waals surface area (Å²) in [6.45, 7) is 4.06. The van der Waals surface area contributed by atoms with E-state index in [9.17, 15) is 9.59 Å². The fourth-order valence-corrected chi connectivity index (χ4v) is 4.08. The van der Waals surface area contributed by atoms with Gasteiger partial charge in [-0.2, -0.15) is 0 Å². The van der Waals surface area contributed by atoms with Crippen LogP contribution in [-0.4, -0.2) is 64.8 Å². The molecule has 0 bridgehead atoms. The molecule has 2 amide bonds. The Morgan fingerprint density at radius 1 is 1.60 bits per heavy atom. The van der Waals surface area contributed by atoms with Crippen molar-refractivity contribution in [2.45, 2.75) is 17.3 Å². The first-order valence-electron chi connectivity index (χ1n) is 6.39. The molecule has 0 spiro atoms. The maximum absolute atomic E-state index is 12.2. The van der Waals surface area contributed by atoms with E-state index in [0.29, 0.717) is 32.0 Å². The molecule has 1 aromatic rings. The van der Waals surface area contributed by atoms with Gasteiger partial charge in [-0.15, -0.1) is 11.3 Å². The number of amides is 2. The monoisotopic (exact) mass is 313 g/mol. The number of hydrogen-bond donors (Lipinski definition) is 0. The van der Waals surface area contributed by atoms with Crippen molar-refractivity contribution in [1.29, 1.82) is 0 Å². The first-order chi connectivity index (χ1) is 9.63. The third-order valence-electron chi connectivity index (χ3n) is 3.39. The summed E-state index contributed by atoms with van der Waals surface area (Å²) in [4.78, 5) is 31.4. The number of piperazine rings is 1. The highest BCUT2D eigenvalue weighted by molar-refractivity contribution is 8.01. The van der Waals surface area contributed by atoms with E-state index >= 15 is 0 Å². The Bertz CT molecular complexity index is 534. The molecule has 2 aliphatic rings. The van der Waals surface area contributed by atoms with Crippen LogP contribution in [0.2, 0.25) is 0 Å². The predicted octanol–water partition coefficient (Wildman–Crippen LogP) is 1.21. The molecular weight excluding hydrogens is 298 g/mol. The average Bonchev–Trinajstić information content (AvgIpc) is 3.02. The van der Waals surface area contributed by atoms with Crippen LogP contribution in [0.1, 0.15) is 5.69 Å². The standard InChI is InChI=1S/C12H15N3O3S2/c1-8-6-19-11(13-8)20-7-10(16)14-2-3-15-9(4-14)5-18-12(15)17/h6,9H,2-5,7H2,1H3/t9-/m0/s1. The van der Waals surface area contributed by atoms with E-state index in [0.717, 1.165) is 10.0 Å². The first kappa shape index (κ1) is 13.7. The number of carbonyl (C=O) groups is 2. The van der Waals surface area contributed by atoms with Crippen LogP contribution in [0.3, 0.4) is 0 Å². The Kier molecular flexibility index (Phi) is 3.84. The van der Waals surface area contributed by atoms with Gasteiger partial charge in [-0.1, -0.05) is 11.8 Å². The number of fused-ring (bicyclic) bond motifs is 1. The fourth-order valence-electron chi connectivity index (χ4n) is 2.33. The van der Waals surface area contributed by atoms with Crippen LogP contribution in [0.25, 0.3) is 0 Å². The highest BCUT2D eigenvalue weighted by Crippen LogP contribution is 2.24. The number of aryl methyl sites for hydroxylation is 1. The molecule has 0 unspecified atom stereocenters. The van der Waals surface area contributed by atoms with Gasteiger partial charge in [0, 0.05) is 30.7 Å². The summed E-state index contributed by atoms with van der Waals surface area (Å²) in [6, 6.07) is 0.0207. The van der Waals surface area contributed by atoms with Crippen molar-refractivity contribution >= 4 is 35.1 Å². The number of ether oxygens (including phenoxy) is 1.